The highest BCUT2D eigenvalue weighted by Crippen LogP contribution is 2.17. The molecule has 0 saturated carbocycles. The molecule has 0 radical (unpaired) electrons. The number of hydrogen-bond donors (Lipinski definition) is 2. The van der Waals surface area contributed by atoms with Crippen molar-refractivity contribution in [1.29, 1.82) is 0 Å². The van der Waals surface area contributed by atoms with E-state index >= 15 is 0 Å². The second-order valence-corrected chi connectivity index (χ2v) is 8.84. The van der Waals surface area contributed by atoms with Gasteiger partial charge in [0, 0.05) is 23.4 Å². The molecule has 0 aromatic heterocycles. The van der Waals surface area contributed by atoms with Crippen LogP contribution in [0.3, 0.4) is 0 Å². The molecule has 6 heteroatoms. The highest BCUT2D eigenvalue weighted by molar-refractivity contribution is 7.90. The zero-order valence-corrected chi connectivity index (χ0v) is 14.9. The second-order valence-electron chi connectivity index (χ2n) is 6.84. The van der Waals surface area contributed by atoms with Crippen molar-refractivity contribution in [3.63, 3.8) is 0 Å². The monoisotopic (exact) mass is 316 g/mol. The van der Waals surface area contributed by atoms with E-state index in [-0.39, 0.29) is 10.8 Å². The zero-order valence-electron chi connectivity index (χ0n) is 14.1. The summed E-state index contributed by atoms with van der Waals surface area (Å²) in [6.07, 6.45) is -0.464. The van der Waals surface area contributed by atoms with E-state index in [1.807, 2.05) is 41.5 Å². The lowest BCUT2D eigenvalue weighted by molar-refractivity contribution is 0.0989. The molecule has 21 heavy (non-hydrogen) atoms. The molecule has 2 atom stereocenters. The van der Waals surface area contributed by atoms with Gasteiger partial charge >= 0.3 is 6.09 Å². The van der Waals surface area contributed by atoms with E-state index in [2.05, 4.69) is 16.6 Å². The Bertz CT molecular complexity index is 402. The summed E-state index contributed by atoms with van der Waals surface area (Å²) in [4.78, 5) is 12.7. The van der Waals surface area contributed by atoms with E-state index in [9.17, 15) is 14.5 Å². The smallest absolute Gasteiger partial charge is 0.407 e. The molecule has 0 bridgehead atoms. The van der Waals surface area contributed by atoms with Crippen LogP contribution in [-0.2, 0) is 11.4 Å². The third-order valence-corrected chi connectivity index (χ3v) is 4.42. The number of carbonyl (C=O) groups is 1. The van der Waals surface area contributed by atoms with Crippen LogP contribution in [0.5, 0.6) is 0 Å². The minimum absolute atomic E-state index is 0.292. The molecule has 0 aromatic carbocycles. The van der Waals surface area contributed by atoms with Crippen molar-refractivity contribution < 1.29 is 14.5 Å². The van der Waals surface area contributed by atoms with Crippen molar-refractivity contribution in [2.24, 2.45) is 0 Å². The molecule has 1 unspecified atom stereocenters. The molecule has 0 aliphatic heterocycles. The van der Waals surface area contributed by atoms with Gasteiger partial charge in [0.1, 0.15) is 10.8 Å². The number of hydrogen-bond acceptors (Lipinski definition) is 3. The zero-order chi connectivity index (χ0) is 16.8. The molecule has 5 nitrogen and oxygen atoms in total. The number of carboxylic acid groups (broad SMARTS) is 1. The molecule has 122 valence electrons. The number of nitrogens with zero attached hydrogens (tertiary/aromatic N) is 1. The summed E-state index contributed by atoms with van der Waals surface area (Å²) in [5.41, 5.74) is -0.473. The van der Waals surface area contributed by atoms with Crippen LogP contribution >= 0.6 is 0 Å². The molecule has 0 aliphatic rings. The normalized spacial score (nSPS) is 14.9. The van der Waals surface area contributed by atoms with Gasteiger partial charge in [0.15, 0.2) is 0 Å². The minimum Gasteiger partial charge on any atom is -0.598 e. The maximum Gasteiger partial charge on any atom is 0.407 e. The van der Waals surface area contributed by atoms with Crippen molar-refractivity contribution in [2.75, 3.05) is 6.54 Å². The first-order valence-corrected chi connectivity index (χ1v) is 8.15. The van der Waals surface area contributed by atoms with Gasteiger partial charge in [-0.25, -0.2) is 4.79 Å². The molecule has 0 aliphatic carbocycles. The van der Waals surface area contributed by atoms with Crippen LogP contribution < -0.4 is 4.72 Å². The summed E-state index contributed by atoms with van der Waals surface area (Å²) in [5.74, 6) is 5.76. The van der Waals surface area contributed by atoms with E-state index in [4.69, 9.17) is 0 Å². The number of rotatable bonds is 5. The highest BCUT2D eigenvalue weighted by Gasteiger charge is 2.30. The average Bonchev–Trinajstić information content (AvgIpc) is 2.25. The van der Waals surface area contributed by atoms with Crippen molar-refractivity contribution >= 4 is 17.5 Å². The van der Waals surface area contributed by atoms with Crippen LogP contribution in [0.1, 0.15) is 54.9 Å². The van der Waals surface area contributed by atoms with Crippen molar-refractivity contribution in [1.82, 2.24) is 9.62 Å². The molecule has 0 rings (SSSR count). The van der Waals surface area contributed by atoms with Crippen LogP contribution in [0.15, 0.2) is 0 Å². The summed E-state index contributed by atoms with van der Waals surface area (Å²) < 4.78 is 14.7. The van der Waals surface area contributed by atoms with Crippen LogP contribution in [0.25, 0.3) is 0 Å². The quantitative estimate of drug-likeness (QED) is 0.604. The predicted molar refractivity (Wildman–Crippen MR) is 87.4 cm³/mol. The van der Waals surface area contributed by atoms with E-state index in [1.54, 1.807) is 6.92 Å². The molecular weight excluding hydrogens is 288 g/mol. The van der Waals surface area contributed by atoms with E-state index in [0.29, 0.717) is 13.0 Å². The molecule has 1 amide bonds. The highest BCUT2D eigenvalue weighted by atomic mass is 32.2. The molecule has 0 aromatic rings. The summed E-state index contributed by atoms with van der Waals surface area (Å²) in [6.45, 7) is 13.2. The Morgan fingerprint density at radius 1 is 1.33 bits per heavy atom. The van der Waals surface area contributed by atoms with Crippen molar-refractivity contribution in [3.05, 3.63) is 0 Å². The minimum atomic E-state index is -1.23. The lowest BCUT2D eigenvalue weighted by Gasteiger charge is -2.34. The van der Waals surface area contributed by atoms with Crippen molar-refractivity contribution in [3.8, 4) is 11.8 Å². The first kappa shape index (κ1) is 20.1. The standard InChI is InChI=1S/C15H28N2O3S/c1-8-9-12(16-21(20)15(5,6)7)10-11-17(13(18)19)14(2,3)4/h12,16H,10-11H2,1-7H3,(H,18,19)/t12-,21?/m0/s1. The molecule has 0 saturated heterocycles. The number of amides is 1. The van der Waals surface area contributed by atoms with Crippen LogP contribution in [0.4, 0.5) is 4.79 Å². The summed E-state index contributed by atoms with van der Waals surface area (Å²) in [7, 11) is 0. The Labute approximate surface area is 131 Å². The Morgan fingerprint density at radius 2 is 1.86 bits per heavy atom. The van der Waals surface area contributed by atoms with Crippen molar-refractivity contribution in [2.45, 2.75) is 71.2 Å². The Balaban J connectivity index is 4.79. The topological polar surface area (TPSA) is 75.6 Å². The fraction of sp³-hybridized carbons (Fsp3) is 0.800. The van der Waals surface area contributed by atoms with Gasteiger partial charge in [-0.2, -0.15) is 0 Å². The fourth-order valence-corrected chi connectivity index (χ4v) is 2.41. The van der Waals surface area contributed by atoms with Gasteiger partial charge in [-0.15, -0.1) is 10.6 Å². The third-order valence-electron chi connectivity index (χ3n) is 2.81. The molecule has 0 heterocycles. The first-order valence-electron chi connectivity index (χ1n) is 7.00. The van der Waals surface area contributed by atoms with Gasteiger partial charge < -0.3 is 14.6 Å². The van der Waals surface area contributed by atoms with Crippen LogP contribution in [0.2, 0.25) is 0 Å². The SMILES string of the molecule is CC#C[C@@H](CCN(C(=O)O)C(C)(C)C)N[S+]([O-])C(C)(C)C. The molecule has 0 fully saturated rings. The van der Waals surface area contributed by atoms with Crippen LogP contribution in [0, 0.1) is 11.8 Å². The van der Waals surface area contributed by atoms with E-state index < -0.39 is 23.0 Å². The first-order chi connectivity index (χ1) is 9.39. The lowest BCUT2D eigenvalue weighted by atomic mass is 10.1. The van der Waals surface area contributed by atoms with E-state index in [0.717, 1.165) is 0 Å². The van der Waals surface area contributed by atoms with Gasteiger partial charge in [-0.1, -0.05) is 5.92 Å². The molecule has 2 N–H and O–H groups in total. The second kappa shape index (κ2) is 7.92. The predicted octanol–water partition coefficient (Wildman–Crippen LogP) is 2.60. The van der Waals surface area contributed by atoms with Gasteiger partial charge in [-0.3, -0.25) is 0 Å². The summed E-state index contributed by atoms with van der Waals surface area (Å²) >= 11 is -1.23. The van der Waals surface area contributed by atoms with Crippen LogP contribution in [-0.4, -0.2) is 43.5 Å². The Morgan fingerprint density at radius 3 is 2.19 bits per heavy atom. The van der Waals surface area contributed by atoms with Gasteiger partial charge in [0.2, 0.25) is 0 Å². The van der Waals surface area contributed by atoms with Gasteiger partial charge in [0.05, 0.1) is 0 Å². The maximum absolute atomic E-state index is 12.1. The summed E-state index contributed by atoms with van der Waals surface area (Å²) in [6, 6.07) is -0.292. The molecule has 0 spiro atoms. The molecular formula is C15H28N2O3S. The maximum atomic E-state index is 12.1. The van der Waals surface area contributed by atoms with Gasteiger partial charge in [0.25, 0.3) is 0 Å². The Hall–Kier alpha value is -0.900. The number of nitrogens with one attached hydrogen (secondary N) is 1. The van der Waals surface area contributed by atoms with E-state index in [1.165, 1.54) is 4.90 Å². The average molecular weight is 316 g/mol. The fourth-order valence-electron chi connectivity index (χ4n) is 1.62. The largest absolute Gasteiger partial charge is 0.598 e. The Kier molecular flexibility index (Phi) is 7.58. The lowest BCUT2D eigenvalue weighted by Crippen LogP contribution is -2.49. The third kappa shape index (κ3) is 7.60. The summed E-state index contributed by atoms with van der Waals surface area (Å²) in [5, 5.41) is 9.27. The van der Waals surface area contributed by atoms with Gasteiger partial charge in [-0.05, 0) is 54.9 Å².